The molecule has 0 amide bonds. The zero-order valence-corrected chi connectivity index (χ0v) is 14.0. The summed E-state index contributed by atoms with van der Waals surface area (Å²) < 4.78 is 19.5. The highest BCUT2D eigenvalue weighted by Gasteiger charge is 2.31. The van der Waals surface area contributed by atoms with Gasteiger partial charge in [0.25, 0.3) is 0 Å². The van der Waals surface area contributed by atoms with Gasteiger partial charge in [-0.1, -0.05) is 6.92 Å². The van der Waals surface area contributed by atoms with Crippen LogP contribution in [0, 0.1) is 5.82 Å². The fourth-order valence-corrected chi connectivity index (χ4v) is 2.84. The molecule has 1 aliphatic rings. The minimum absolute atomic E-state index is 0.122. The Hall–Kier alpha value is -1.07. The molecule has 122 valence electrons. The second-order valence-corrected chi connectivity index (χ2v) is 6.71. The number of hydrogen-bond acceptors (Lipinski definition) is 4. The van der Waals surface area contributed by atoms with E-state index in [2.05, 4.69) is 17.9 Å². The molecule has 0 spiro atoms. The molecule has 0 radical (unpaired) electrons. The molecule has 1 aliphatic carbocycles. The minimum Gasteiger partial charge on any atom is -0.490 e. The van der Waals surface area contributed by atoms with Gasteiger partial charge in [0, 0.05) is 30.3 Å². The first kappa shape index (κ1) is 17.3. The van der Waals surface area contributed by atoms with E-state index in [9.17, 15) is 9.18 Å². The molecule has 1 saturated carbocycles. The number of rotatable bonds is 8. The van der Waals surface area contributed by atoms with Crippen molar-refractivity contribution in [3.63, 3.8) is 0 Å². The van der Waals surface area contributed by atoms with Crippen molar-refractivity contribution in [2.75, 3.05) is 0 Å². The van der Waals surface area contributed by atoms with Gasteiger partial charge in [0.2, 0.25) is 0 Å². The number of ketones is 1. The van der Waals surface area contributed by atoms with E-state index in [1.807, 2.05) is 19.9 Å². The van der Waals surface area contributed by atoms with Gasteiger partial charge in [-0.25, -0.2) is 4.39 Å². The summed E-state index contributed by atoms with van der Waals surface area (Å²) >= 11 is 4.30. The molecule has 0 aliphatic heterocycles. The summed E-state index contributed by atoms with van der Waals surface area (Å²) in [6.07, 6.45) is 3.48. The molecule has 1 fully saturated rings. The molecule has 1 unspecified atom stereocenters. The van der Waals surface area contributed by atoms with Crippen molar-refractivity contribution in [1.29, 1.82) is 0 Å². The van der Waals surface area contributed by atoms with Gasteiger partial charge in [-0.15, -0.1) is 0 Å². The normalized spacial score (nSPS) is 22.0. The van der Waals surface area contributed by atoms with Crippen LogP contribution in [0.2, 0.25) is 0 Å². The summed E-state index contributed by atoms with van der Waals surface area (Å²) in [5.74, 6) is 0.441. The smallest absolute Gasteiger partial charge is 0.132 e. The zero-order chi connectivity index (χ0) is 16.1. The SMILES string of the molecule is CCC(=O)CCc1cc(F)cc(O[C@H]2C[C@H](NC(C)S)C2)c1. The summed E-state index contributed by atoms with van der Waals surface area (Å²) in [6.45, 7) is 3.84. The summed E-state index contributed by atoms with van der Waals surface area (Å²) in [7, 11) is 0. The molecule has 1 atom stereocenters. The Bertz CT molecular complexity index is 515. The fraction of sp³-hybridized carbons (Fsp3) is 0.588. The molecule has 0 aromatic heterocycles. The highest BCUT2D eigenvalue weighted by atomic mass is 32.1. The first-order chi connectivity index (χ1) is 10.5. The van der Waals surface area contributed by atoms with Gasteiger partial charge in [-0.05, 0) is 43.9 Å². The highest BCUT2D eigenvalue weighted by molar-refractivity contribution is 7.80. The summed E-state index contributed by atoms with van der Waals surface area (Å²) in [4.78, 5) is 11.4. The lowest BCUT2D eigenvalue weighted by Gasteiger charge is -2.37. The van der Waals surface area contributed by atoms with E-state index in [-0.39, 0.29) is 23.1 Å². The molecular weight excluding hydrogens is 301 g/mol. The van der Waals surface area contributed by atoms with Crippen LogP contribution in [-0.4, -0.2) is 23.3 Å². The number of carbonyl (C=O) groups is 1. The molecule has 2 rings (SSSR count). The average molecular weight is 325 g/mol. The zero-order valence-electron chi connectivity index (χ0n) is 13.1. The van der Waals surface area contributed by atoms with Gasteiger partial charge in [0.05, 0.1) is 0 Å². The van der Waals surface area contributed by atoms with Crippen molar-refractivity contribution in [2.24, 2.45) is 0 Å². The third-order valence-electron chi connectivity index (χ3n) is 3.89. The van der Waals surface area contributed by atoms with Crippen LogP contribution in [-0.2, 0) is 11.2 Å². The topological polar surface area (TPSA) is 38.3 Å². The van der Waals surface area contributed by atoms with Crippen LogP contribution in [0.4, 0.5) is 4.39 Å². The number of halogens is 1. The minimum atomic E-state index is -0.311. The number of benzene rings is 1. The lowest BCUT2D eigenvalue weighted by atomic mass is 9.89. The van der Waals surface area contributed by atoms with Crippen LogP contribution in [0.25, 0.3) is 0 Å². The molecule has 0 bridgehead atoms. The van der Waals surface area contributed by atoms with E-state index in [4.69, 9.17) is 4.74 Å². The Morgan fingerprint density at radius 2 is 2.18 bits per heavy atom. The monoisotopic (exact) mass is 325 g/mol. The quantitative estimate of drug-likeness (QED) is 0.567. The van der Waals surface area contributed by atoms with E-state index in [0.29, 0.717) is 31.1 Å². The van der Waals surface area contributed by atoms with E-state index in [0.717, 1.165) is 18.4 Å². The molecule has 0 heterocycles. The molecular formula is C17H24FNO2S. The fourth-order valence-electron chi connectivity index (χ4n) is 2.63. The molecule has 1 aromatic rings. The largest absolute Gasteiger partial charge is 0.490 e. The van der Waals surface area contributed by atoms with Crippen molar-refractivity contribution in [1.82, 2.24) is 5.32 Å². The number of Topliss-reactive ketones (excluding diaryl/α,β-unsaturated/α-hetero) is 1. The maximum atomic E-state index is 13.7. The molecule has 1 N–H and O–H groups in total. The highest BCUT2D eigenvalue weighted by Crippen LogP contribution is 2.28. The molecule has 0 saturated heterocycles. The third-order valence-corrected chi connectivity index (χ3v) is 4.04. The Balaban J connectivity index is 1.86. The van der Waals surface area contributed by atoms with Crippen LogP contribution in [0.3, 0.4) is 0 Å². The van der Waals surface area contributed by atoms with Gasteiger partial charge in [-0.2, -0.15) is 12.6 Å². The summed E-state index contributed by atoms with van der Waals surface area (Å²) in [6, 6.07) is 5.15. The predicted octanol–water partition coefficient (Wildman–Crippen LogP) is 3.51. The second kappa shape index (κ2) is 7.97. The van der Waals surface area contributed by atoms with Gasteiger partial charge < -0.3 is 10.1 Å². The maximum absolute atomic E-state index is 13.7. The van der Waals surface area contributed by atoms with Gasteiger partial charge in [0.15, 0.2) is 0 Å². The predicted molar refractivity (Wildman–Crippen MR) is 89.0 cm³/mol. The van der Waals surface area contributed by atoms with Gasteiger partial charge in [0.1, 0.15) is 23.5 Å². The number of nitrogens with one attached hydrogen (secondary N) is 1. The standard InChI is InChI=1S/C17H24FNO2S/c1-3-15(20)5-4-12-6-13(18)8-16(7-12)21-17-9-14(10-17)19-11(2)22/h6-8,11,14,17,19,22H,3-5,9-10H2,1-2H3/t11?,14-,17-. The third kappa shape index (κ3) is 5.29. The average Bonchev–Trinajstić information content (AvgIpc) is 2.41. The molecule has 22 heavy (non-hydrogen) atoms. The maximum Gasteiger partial charge on any atom is 0.132 e. The van der Waals surface area contributed by atoms with Crippen LogP contribution < -0.4 is 10.1 Å². The number of aryl methyl sites for hydroxylation is 1. The van der Waals surface area contributed by atoms with Gasteiger partial charge in [-0.3, -0.25) is 4.79 Å². The van der Waals surface area contributed by atoms with Crippen molar-refractivity contribution < 1.29 is 13.9 Å². The Labute approximate surface area is 137 Å². The van der Waals surface area contributed by atoms with Crippen LogP contribution in [0.1, 0.15) is 45.1 Å². The van der Waals surface area contributed by atoms with Crippen molar-refractivity contribution >= 4 is 18.4 Å². The van der Waals surface area contributed by atoms with Gasteiger partial charge >= 0.3 is 0 Å². The molecule has 1 aromatic carbocycles. The Morgan fingerprint density at radius 1 is 1.45 bits per heavy atom. The molecule has 3 nitrogen and oxygen atoms in total. The second-order valence-electron chi connectivity index (χ2n) is 5.94. The van der Waals surface area contributed by atoms with Crippen molar-refractivity contribution in [3.8, 4) is 5.75 Å². The number of thiol groups is 1. The van der Waals surface area contributed by atoms with E-state index >= 15 is 0 Å². The van der Waals surface area contributed by atoms with E-state index < -0.39 is 0 Å². The van der Waals surface area contributed by atoms with E-state index in [1.54, 1.807) is 0 Å². The lowest BCUT2D eigenvalue weighted by Crippen LogP contribution is -2.48. The van der Waals surface area contributed by atoms with Crippen LogP contribution in [0.5, 0.6) is 5.75 Å². The van der Waals surface area contributed by atoms with E-state index in [1.165, 1.54) is 12.1 Å². The van der Waals surface area contributed by atoms with Crippen molar-refractivity contribution in [3.05, 3.63) is 29.6 Å². The first-order valence-electron chi connectivity index (χ1n) is 7.88. The Morgan fingerprint density at radius 3 is 2.82 bits per heavy atom. The number of carbonyl (C=O) groups excluding carboxylic acids is 1. The first-order valence-corrected chi connectivity index (χ1v) is 8.40. The number of hydrogen-bond donors (Lipinski definition) is 2. The summed E-state index contributed by atoms with van der Waals surface area (Å²) in [5.41, 5.74) is 0.815. The van der Waals surface area contributed by atoms with Crippen LogP contribution >= 0.6 is 12.6 Å². The number of ether oxygens (including phenoxy) is 1. The lowest BCUT2D eigenvalue weighted by molar-refractivity contribution is -0.118. The molecule has 5 heteroatoms. The summed E-state index contributed by atoms with van der Waals surface area (Å²) in [5, 5.41) is 3.50. The van der Waals surface area contributed by atoms with Crippen molar-refractivity contribution in [2.45, 2.75) is 63.5 Å². The van der Waals surface area contributed by atoms with Crippen LogP contribution in [0.15, 0.2) is 18.2 Å². The Kier molecular flexibility index (Phi) is 6.26.